The molecular weight excluding hydrogens is 439 g/mol. The molecule has 1 N–H and O–H groups in total. The molecule has 1 aliphatic heterocycles. The molecule has 0 amide bonds. The van der Waals surface area contributed by atoms with Crippen LogP contribution in [0.1, 0.15) is 18.5 Å². The number of methoxy groups -OCH3 is 1. The summed E-state index contributed by atoms with van der Waals surface area (Å²) in [6, 6.07) is 0.888. The molecule has 2 aliphatic rings. The van der Waals surface area contributed by atoms with Gasteiger partial charge in [-0.1, -0.05) is 0 Å². The van der Waals surface area contributed by atoms with Gasteiger partial charge in [0.05, 0.1) is 42.3 Å². The molecule has 4 heterocycles. The fraction of sp³-hybridized carbons (Fsp3) is 0.429. The van der Waals surface area contributed by atoms with E-state index in [1.54, 1.807) is 35.1 Å². The van der Waals surface area contributed by atoms with Gasteiger partial charge in [0.1, 0.15) is 12.9 Å². The number of fused-ring (bicyclic) bond motifs is 1. The number of alkyl halides is 3. The molecule has 1 atom stereocenters. The summed E-state index contributed by atoms with van der Waals surface area (Å²) < 4.78 is 53.8. The predicted octanol–water partition coefficient (Wildman–Crippen LogP) is 3.66. The Kier molecular flexibility index (Phi) is 4.83. The molecule has 5 rings (SSSR count). The first-order valence-electron chi connectivity index (χ1n) is 10.3. The average Bonchev–Trinajstić information content (AvgIpc) is 3.49. The van der Waals surface area contributed by atoms with Gasteiger partial charge in [0.2, 0.25) is 5.95 Å². The van der Waals surface area contributed by atoms with E-state index < -0.39 is 17.6 Å². The molecule has 3 aromatic rings. The maximum atomic E-state index is 13.7. The van der Waals surface area contributed by atoms with Crippen molar-refractivity contribution in [1.82, 2.24) is 24.5 Å². The highest BCUT2D eigenvalue weighted by Crippen LogP contribution is 2.62. The number of nitrogens with one attached hydrogen (secondary N) is 1. The van der Waals surface area contributed by atoms with Crippen LogP contribution in [0.25, 0.3) is 5.82 Å². The monoisotopic (exact) mass is 461 g/mol. The van der Waals surface area contributed by atoms with Gasteiger partial charge in [-0.05, 0) is 19.8 Å². The molecule has 33 heavy (non-hydrogen) atoms. The molecule has 174 valence electrons. The number of nitrogens with zero attached hydrogens (tertiary/aromatic N) is 6. The fourth-order valence-corrected chi connectivity index (χ4v) is 4.19. The Morgan fingerprint density at radius 3 is 2.61 bits per heavy atom. The molecule has 1 unspecified atom stereocenters. The van der Waals surface area contributed by atoms with Crippen molar-refractivity contribution >= 4 is 17.5 Å². The highest BCUT2D eigenvalue weighted by molar-refractivity contribution is 5.62. The Hall–Kier alpha value is -3.57. The zero-order chi connectivity index (χ0) is 23.4. The maximum Gasteiger partial charge on any atom is 0.396 e. The number of likely N-dealkylation sites (N-methyl/N-ethyl adjacent to an activating group) is 1. The van der Waals surface area contributed by atoms with E-state index in [2.05, 4.69) is 25.3 Å². The van der Waals surface area contributed by atoms with Crippen molar-refractivity contribution in [2.75, 3.05) is 31.0 Å². The minimum absolute atomic E-state index is 0.0601. The normalized spacial score (nSPS) is 19.0. The van der Waals surface area contributed by atoms with Crippen LogP contribution < -0.4 is 19.7 Å². The molecule has 0 aromatic carbocycles. The lowest BCUT2D eigenvalue weighted by atomic mass is 9.94. The zero-order valence-corrected chi connectivity index (χ0v) is 18.2. The van der Waals surface area contributed by atoms with Crippen LogP contribution >= 0.6 is 0 Å². The molecule has 0 bridgehead atoms. The largest absolute Gasteiger partial charge is 0.493 e. The van der Waals surface area contributed by atoms with Gasteiger partial charge in [-0.3, -0.25) is 4.57 Å². The van der Waals surface area contributed by atoms with Crippen molar-refractivity contribution in [1.29, 1.82) is 0 Å². The second kappa shape index (κ2) is 7.49. The van der Waals surface area contributed by atoms with Crippen LogP contribution in [0.3, 0.4) is 0 Å². The van der Waals surface area contributed by atoms with E-state index >= 15 is 0 Å². The summed E-state index contributed by atoms with van der Waals surface area (Å²) in [7, 11) is 3.14. The number of hydrogen-bond donors (Lipinski definition) is 1. The molecule has 0 saturated heterocycles. The minimum atomic E-state index is -4.29. The van der Waals surface area contributed by atoms with Gasteiger partial charge in [0, 0.05) is 19.3 Å². The molecule has 0 radical (unpaired) electrons. The van der Waals surface area contributed by atoms with Crippen LogP contribution in [0.5, 0.6) is 11.5 Å². The van der Waals surface area contributed by atoms with E-state index in [9.17, 15) is 13.2 Å². The van der Waals surface area contributed by atoms with Gasteiger partial charge in [-0.25, -0.2) is 15.0 Å². The Balaban J connectivity index is 1.40. The third-order valence-electron chi connectivity index (χ3n) is 6.19. The molecule has 12 heteroatoms. The third kappa shape index (κ3) is 3.58. The third-order valence-corrected chi connectivity index (χ3v) is 6.19. The summed E-state index contributed by atoms with van der Waals surface area (Å²) in [4.78, 5) is 18.8. The first-order chi connectivity index (χ1) is 15.7. The highest BCUT2D eigenvalue weighted by atomic mass is 19.4. The zero-order valence-electron chi connectivity index (χ0n) is 18.2. The number of halogens is 3. The van der Waals surface area contributed by atoms with Gasteiger partial charge in [0.25, 0.3) is 0 Å². The predicted molar refractivity (Wildman–Crippen MR) is 113 cm³/mol. The van der Waals surface area contributed by atoms with Gasteiger partial charge in [-0.2, -0.15) is 18.2 Å². The van der Waals surface area contributed by atoms with E-state index in [0.29, 0.717) is 28.8 Å². The molecule has 3 aromatic heterocycles. The summed E-state index contributed by atoms with van der Waals surface area (Å²) in [5.41, 5.74) is -0.361. The number of pyridine rings is 1. The second-order valence-electron chi connectivity index (χ2n) is 8.27. The topological polar surface area (TPSA) is 90.2 Å². The van der Waals surface area contributed by atoms with E-state index in [-0.39, 0.29) is 25.4 Å². The van der Waals surface area contributed by atoms with Crippen LogP contribution in [0.4, 0.5) is 30.6 Å². The Labute approximate surface area is 187 Å². The van der Waals surface area contributed by atoms with Crippen molar-refractivity contribution in [3.8, 4) is 17.3 Å². The van der Waals surface area contributed by atoms with Gasteiger partial charge in [-0.15, -0.1) is 0 Å². The number of ether oxygens (including phenoxy) is 2. The Morgan fingerprint density at radius 2 is 1.97 bits per heavy atom. The molecular formula is C21H22F3N7O2. The molecule has 0 spiro atoms. The fourth-order valence-electron chi connectivity index (χ4n) is 4.19. The number of hydrogen-bond acceptors (Lipinski definition) is 8. The Bertz CT molecular complexity index is 1190. The Morgan fingerprint density at radius 1 is 1.18 bits per heavy atom. The van der Waals surface area contributed by atoms with E-state index in [1.807, 2.05) is 13.1 Å². The maximum absolute atomic E-state index is 13.7. The van der Waals surface area contributed by atoms with Crippen LogP contribution in [0, 0.1) is 12.3 Å². The van der Waals surface area contributed by atoms with Crippen LogP contribution in [0.15, 0.2) is 31.0 Å². The summed E-state index contributed by atoms with van der Waals surface area (Å²) in [5, 5.41) is 3.04. The minimum Gasteiger partial charge on any atom is -0.493 e. The summed E-state index contributed by atoms with van der Waals surface area (Å²) >= 11 is 0. The van der Waals surface area contributed by atoms with E-state index in [4.69, 9.17) is 9.47 Å². The first-order valence-corrected chi connectivity index (χ1v) is 10.3. The number of aromatic nitrogens is 5. The highest BCUT2D eigenvalue weighted by Gasteiger charge is 2.69. The van der Waals surface area contributed by atoms with Crippen molar-refractivity contribution in [3.63, 3.8) is 0 Å². The van der Waals surface area contributed by atoms with Gasteiger partial charge >= 0.3 is 6.18 Å². The van der Waals surface area contributed by atoms with Crippen LogP contribution in [0.2, 0.25) is 0 Å². The molecule has 1 fully saturated rings. The van der Waals surface area contributed by atoms with Gasteiger partial charge < -0.3 is 19.7 Å². The average molecular weight is 461 g/mol. The molecule has 9 nitrogen and oxygen atoms in total. The molecule has 1 aliphatic carbocycles. The van der Waals surface area contributed by atoms with Crippen molar-refractivity contribution < 1.29 is 22.6 Å². The first kappa shape index (κ1) is 21.3. The van der Waals surface area contributed by atoms with Crippen LogP contribution in [-0.4, -0.2) is 57.5 Å². The lowest BCUT2D eigenvalue weighted by Crippen LogP contribution is -2.52. The summed E-state index contributed by atoms with van der Waals surface area (Å²) in [6.45, 7) is 1.81. The quantitative estimate of drug-likeness (QED) is 0.616. The standard InChI is InChI=1S/C21H22F3N7O2/c1-12-9-31(11-27-12)17-14(32-3)6-13(7-25-17)28-19-26-8-15-18(29-19)30(2)16(10-33-15)20(4-5-20)21(22,23)24/h6-9,11,16H,4-5,10H2,1-3H3,(H,26,28,29). The van der Waals surface area contributed by atoms with E-state index in [0.717, 1.165) is 5.69 Å². The molecule has 1 saturated carbocycles. The number of aryl methyl sites for hydroxylation is 1. The second-order valence-corrected chi connectivity index (χ2v) is 8.27. The summed E-state index contributed by atoms with van der Waals surface area (Å²) in [5.74, 6) is 1.92. The number of imidazole rings is 1. The van der Waals surface area contributed by atoms with Crippen molar-refractivity contribution in [2.45, 2.75) is 32.0 Å². The van der Waals surface area contributed by atoms with Crippen LogP contribution in [-0.2, 0) is 0 Å². The number of rotatable bonds is 5. The van der Waals surface area contributed by atoms with E-state index in [1.165, 1.54) is 13.3 Å². The van der Waals surface area contributed by atoms with Gasteiger partial charge in [0.15, 0.2) is 23.1 Å². The SMILES string of the molecule is COc1cc(Nc2ncc3c(n2)N(C)C(C2(C(F)(F)F)CC2)CO3)cnc1-n1cnc(C)c1. The lowest BCUT2D eigenvalue weighted by molar-refractivity contribution is -0.195. The number of anilines is 3. The lowest BCUT2D eigenvalue weighted by Gasteiger charge is -2.40. The van der Waals surface area contributed by atoms with Crippen molar-refractivity contribution in [3.05, 3.63) is 36.7 Å². The summed E-state index contributed by atoms with van der Waals surface area (Å²) in [6.07, 6.45) is 2.39. The smallest absolute Gasteiger partial charge is 0.396 e. The van der Waals surface area contributed by atoms with Crippen molar-refractivity contribution in [2.24, 2.45) is 5.41 Å².